The molecule has 0 bridgehead atoms. The summed E-state index contributed by atoms with van der Waals surface area (Å²) in [6.07, 6.45) is 0. The van der Waals surface area contributed by atoms with E-state index in [1.54, 1.807) is 4.68 Å². The van der Waals surface area contributed by atoms with Crippen LogP contribution in [0.25, 0.3) is 0 Å². The number of halogens is 3. The number of aryl methyl sites for hydroxylation is 1. The van der Waals surface area contributed by atoms with Crippen LogP contribution in [-0.4, -0.2) is 9.78 Å². The Balaban J connectivity index is 2.34. The van der Waals surface area contributed by atoms with E-state index in [0.717, 1.165) is 21.4 Å². The van der Waals surface area contributed by atoms with Crippen LogP contribution in [0.15, 0.2) is 22.7 Å². The Hall–Kier alpha value is -0.870. The third kappa shape index (κ3) is 2.69. The lowest BCUT2D eigenvalue weighted by Crippen LogP contribution is -2.04. The molecule has 0 atom stereocenters. The van der Waals surface area contributed by atoms with E-state index in [2.05, 4.69) is 21.0 Å². The van der Waals surface area contributed by atoms with E-state index >= 15 is 0 Å². The van der Waals surface area contributed by atoms with Crippen molar-refractivity contribution in [2.45, 2.75) is 20.4 Å². The SMILES string of the molecule is Cc1nn(Cc2cc(F)cc(Br)c2)c(C)c1Cl. The van der Waals surface area contributed by atoms with Crippen molar-refractivity contribution < 1.29 is 4.39 Å². The van der Waals surface area contributed by atoms with Crippen molar-refractivity contribution in [2.24, 2.45) is 0 Å². The fourth-order valence-electron chi connectivity index (χ4n) is 1.70. The normalized spacial score (nSPS) is 10.9. The number of nitrogens with zero attached hydrogens (tertiary/aromatic N) is 2. The van der Waals surface area contributed by atoms with Crippen molar-refractivity contribution in [3.8, 4) is 0 Å². The monoisotopic (exact) mass is 316 g/mol. The molecule has 17 heavy (non-hydrogen) atoms. The lowest BCUT2D eigenvalue weighted by Gasteiger charge is -2.05. The van der Waals surface area contributed by atoms with E-state index in [9.17, 15) is 4.39 Å². The maximum atomic E-state index is 13.2. The first kappa shape index (κ1) is 12.6. The van der Waals surface area contributed by atoms with Crippen LogP contribution in [-0.2, 0) is 6.54 Å². The fraction of sp³-hybridized carbons (Fsp3) is 0.250. The molecule has 90 valence electrons. The van der Waals surface area contributed by atoms with Gasteiger partial charge in [0, 0.05) is 4.47 Å². The summed E-state index contributed by atoms with van der Waals surface area (Å²) >= 11 is 9.33. The van der Waals surface area contributed by atoms with Gasteiger partial charge in [-0.1, -0.05) is 27.5 Å². The van der Waals surface area contributed by atoms with E-state index in [1.807, 2.05) is 19.9 Å². The Morgan fingerprint density at radius 1 is 1.35 bits per heavy atom. The highest BCUT2D eigenvalue weighted by atomic mass is 79.9. The first-order chi connectivity index (χ1) is 7.97. The minimum absolute atomic E-state index is 0.262. The molecule has 0 N–H and O–H groups in total. The average Bonchev–Trinajstić information content (AvgIpc) is 2.45. The molecule has 0 aliphatic heterocycles. The van der Waals surface area contributed by atoms with Crippen LogP contribution in [0.4, 0.5) is 4.39 Å². The number of hydrogen-bond donors (Lipinski definition) is 0. The minimum Gasteiger partial charge on any atom is -0.264 e. The highest BCUT2D eigenvalue weighted by Crippen LogP contribution is 2.21. The van der Waals surface area contributed by atoms with E-state index in [4.69, 9.17) is 11.6 Å². The van der Waals surface area contributed by atoms with Gasteiger partial charge < -0.3 is 0 Å². The van der Waals surface area contributed by atoms with Gasteiger partial charge in [0.25, 0.3) is 0 Å². The standard InChI is InChI=1S/C12H11BrClFN2/c1-7-12(14)8(2)17(16-7)6-9-3-10(13)5-11(15)4-9/h3-5H,6H2,1-2H3. The van der Waals surface area contributed by atoms with Crippen molar-refractivity contribution in [3.05, 3.63) is 50.5 Å². The number of aromatic nitrogens is 2. The van der Waals surface area contributed by atoms with E-state index in [-0.39, 0.29) is 5.82 Å². The molecule has 0 saturated heterocycles. The third-order valence-corrected chi connectivity index (χ3v) is 3.55. The van der Waals surface area contributed by atoms with Gasteiger partial charge in [0.2, 0.25) is 0 Å². The van der Waals surface area contributed by atoms with Crippen molar-refractivity contribution in [1.29, 1.82) is 0 Å². The molecule has 5 heteroatoms. The summed E-state index contributed by atoms with van der Waals surface area (Å²) < 4.78 is 15.7. The third-order valence-electron chi connectivity index (χ3n) is 2.55. The van der Waals surface area contributed by atoms with Gasteiger partial charge in [-0.3, -0.25) is 4.68 Å². The van der Waals surface area contributed by atoms with Crippen molar-refractivity contribution in [1.82, 2.24) is 9.78 Å². The predicted molar refractivity (Wildman–Crippen MR) is 69.9 cm³/mol. The molecule has 2 rings (SSSR count). The minimum atomic E-state index is -0.262. The van der Waals surface area contributed by atoms with Gasteiger partial charge in [-0.2, -0.15) is 5.10 Å². The zero-order chi connectivity index (χ0) is 12.6. The van der Waals surface area contributed by atoms with Crippen LogP contribution in [0.3, 0.4) is 0 Å². The molecular formula is C12H11BrClFN2. The Morgan fingerprint density at radius 3 is 2.59 bits per heavy atom. The second kappa shape index (κ2) is 4.78. The van der Waals surface area contributed by atoms with Gasteiger partial charge in [-0.15, -0.1) is 0 Å². The van der Waals surface area contributed by atoms with E-state index < -0.39 is 0 Å². The molecule has 1 aromatic heterocycles. The molecule has 0 unspecified atom stereocenters. The average molecular weight is 318 g/mol. The van der Waals surface area contributed by atoms with Gasteiger partial charge >= 0.3 is 0 Å². The number of benzene rings is 1. The van der Waals surface area contributed by atoms with Gasteiger partial charge in [0.1, 0.15) is 5.82 Å². The van der Waals surface area contributed by atoms with Crippen molar-refractivity contribution >= 4 is 27.5 Å². The van der Waals surface area contributed by atoms with Gasteiger partial charge in [0.05, 0.1) is 23.0 Å². The highest BCUT2D eigenvalue weighted by molar-refractivity contribution is 9.10. The Bertz CT molecular complexity index is 546. The van der Waals surface area contributed by atoms with Crippen LogP contribution in [0.2, 0.25) is 5.02 Å². The lowest BCUT2D eigenvalue weighted by molar-refractivity contribution is 0.614. The molecular weight excluding hydrogens is 307 g/mol. The maximum Gasteiger partial charge on any atom is 0.124 e. The molecule has 1 aromatic carbocycles. The summed E-state index contributed by atoms with van der Waals surface area (Å²) in [5, 5.41) is 4.98. The molecule has 0 aliphatic carbocycles. The van der Waals surface area contributed by atoms with Crippen molar-refractivity contribution in [2.75, 3.05) is 0 Å². The number of rotatable bonds is 2. The summed E-state index contributed by atoms with van der Waals surface area (Å²) in [6, 6.07) is 4.79. The van der Waals surface area contributed by atoms with Crippen LogP contribution >= 0.6 is 27.5 Å². The number of hydrogen-bond acceptors (Lipinski definition) is 1. The molecule has 0 radical (unpaired) electrons. The molecule has 0 amide bonds. The first-order valence-corrected chi connectivity index (χ1v) is 6.29. The smallest absolute Gasteiger partial charge is 0.124 e. The van der Waals surface area contributed by atoms with Gasteiger partial charge in [-0.05, 0) is 37.6 Å². The molecule has 2 nitrogen and oxygen atoms in total. The summed E-state index contributed by atoms with van der Waals surface area (Å²) in [5.41, 5.74) is 2.53. The Morgan fingerprint density at radius 2 is 2.06 bits per heavy atom. The molecule has 0 aliphatic rings. The zero-order valence-corrected chi connectivity index (χ0v) is 11.8. The molecule has 0 saturated carbocycles. The molecule has 1 heterocycles. The maximum absolute atomic E-state index is 13.2. The zero-order valence-electron chi connectivity index (χ0n) is 9.47. The van der Waals surface area contributed by atoms with Crippen molar-refractivity contribution in [3.63, 3.8) is 0 Å². The Kier molecular flexibility index (Phi) is 3.54. The van der Waals surface area contributed by atoms with Crippen LogP contribution < -0.4 is 0 Å². The van der Waals surface area contributed by atoms with Crippen LogP contribution in [0.1, 0.15) is 17.0 Å². The summed E-state index contributed by atoms with van der Waals surface area (Å²) in [5.74, 6) is -0.262. The highest BCUT2D eigenvalue weighted by Gasteiger charge is 2.09. The second-order valence-electron chi connectivity index (χ2n) is 3.92. The topological polar surface area (TPSA) is 17.8 Å². The van der Waals surface area contributed by atoms with Crippen LogP contribution in [0.5, 0.6) is 0 Å². The van der Waals surface area contributed by atoms with Crippen LogP contribution in [0, 0.1) is 19.7 Å². The molecule has 2 aromatic rings. The second-order valence-corrected chi connectivity index (χ2v) is 5.21. The Labute approximate surface area is 113 Å². The largest absolute Gasteiger partial charge is 0.264 e. The van der Waals surface area contributed by atoms with E-state index in [0.29, 0.717) is 11.6 Å². The van der Waals surface area contributed by atoms with Gasteiger partial charge in [-0.25, -0.2) is 4.39 Å². The van der Waals surface area contributed by atoms with Gasteiger partial charge in [0.15, 0.2) is 0 Å². The first-order valence-electron chi connectivity index (χ1n) is 5.12. The quantitative estimate of drug-likeness (QED) is 0.815. The summed E-state index contributed by atoms with van der Waals surface area (Å²) in [6.45, 7) is 4.26. The fourth-order valence-corrected chi connectivity index (χ4v) is 2.35. The lowest BCUT2D eigenvalue weighted by atomic mass is 10.2. The summed E-state index contributed by atoms with van der Waals surface area (Å²) in [7, 11) is 0. The molecule has 0 fully saturated rings. The summed E-state index contributed by atoms with van der Waals surface area (Å²) in [4.78, 5) is 0. The molecule has 0 spiro atoms. The van der Waals surface area contributed by atoms with E-state index in [1.165, 1.54) is 12.1 Å². The predicted octanol–water partition coefficient (Wildman–Crippen LogP) is 4.10.